The summed E-state index contributed by atoms with van der Waals surface area (Å²) in [5.41, 5.74) is 0. The monoisotopic (exact) mass is 190 g/mol. The molecule has 68 valence electrons. The summed E-state index contributed by atoms with van der Waals surface area (Å²) in [6, 6.07) is 4.53. The third kappa shape index (κ3) is 10.4. The van der Waals surface area contributed by atoms with E-state index in [0.29, 0.717) is 9.52 Å². The van der Waals surface area contributed by atoms with Gasteiger partial charge in [-0.25, -0.2) is 0 Å². The fourth-order valence-electron chi connectivity index (χ4n) is 1.20. The summed E-state index contributed by atoms with van der Waals surface area (Å²) in [5.74, 6) is 0. The third-order valence-electron chi connectivity index (χ3n) is 1.95. The molecular weight excluding hydrogens is 168 g/mol. The van der Waals surface area contributed by atoms with Crippen LogP contribution in [0, 0.1) is 0 Å². The van der Waals surface area contributed by atoms with Crippen LogP contribution < -0.4 is 0 Å². The Morgan fingerprint density at radius 3 is 2.45 bits per heavy atom. The molecule has 0 atom stereocenters. The number of unbranched alkanes of at least 4 members (excludes halogenated alkanes) is 1. The van der Waals surface area contributed by atoms with Gasteiger partial charge < -0.3 is 4.43 Å². The molecule has 0 N–H and O–H groups in total. The van der Waals surface area contributed by atoms with Crippen LogP contribution in [0.15, 0.2) is 0 Å². The van der Waals surface area contributed by atoms with Gasteiger partial charge in [0.2, 0.25) is 0 Å². The summed E-state index contributed by atoms with van der Waals surface area (Å²) in [7, 11) is 2.09. The minimum Gasteiger partial charge on any atom is -0.427 e. The lowest BCUT2D eigenvalue weighted by Crippen LogP contribution is -1.93. The lowest BCUT2D eigenvalue weighted by Gasteiger charge is -1.98. The van der Waals surface area contributed by atoms with Crippen LogP contribution in [-0.2, 0) is 4.43 Å². The Bertz CT molecular complexity index is 61.1. The minimum atomic E-state index is -0.102. The van der Waals surface area contributed by atoms with E-state index in [9.17, 15) is 0 Å². The number of hydrogen-bond donors (Lipinski definition) is 0. The van der Waals surface area contributed by atoms with Gasteiger partial charge in [-0.3, -0.25) is 0 Å². The van der Waals surface area contributed by atoms with Crippen LogP contribution in [0.25, 0.3) is 0 Å². The molecule has 0 aliphatic heterocycles. The predicted molar refractivity (Wildman–Crippen MR) is 58.0 cm³/mol. The van der Waals surface area contributed by atoms with Crippen molar-refractivity contribution >= 4 is 19.3 Å². The van der Waals surface area contributed by atoms with Crippen LogP contribution in [0.4, 0.5) is 0 Å². The van der Waals surface area contributed by atoms with Gasteiger partial charge in [0, 0.05) is 16.6 Å². The molecule has 1 nitrogen and oxygen atoms in total. The van der Waals surface area contributed by atoms with Crippen molar-refractivity contribution in [2.24, 2.45) is 0 Å². The maximum absolute atomic E-state index is 5.12. The van der Waals surface area contributed by atoms with Crippen molar-refractivity contribution < 1.29 is 4.43 Å². The zero-order valence-corrected chi connectivity index (χ0v) is 10.9. The van der Waals surface area contributed by atoms with E-state index in [1.807, 2.05) is 7.11 Å². The molecule has 0 rings (SSSR count). The lowest BCUT2D eigenvalue weighted by molar-refractivity contribution is 0.439. The highest BCUT2D eigenvalue weighted by molar-refractivity contribution is 6.35. The Balaban J connectivity index is 2.69. The van der Waals surface area contributed by atoms with Crippen LogP contribution in [0.3, 0.4) is 0 Å². The van der Waals surface area contributed by atoms with Crippen LogP contribution in [0.2, 0.25) is 18.1 Å². The quantitative estimate of drug-likeness (QED) is 0.414. The van der Waals surface area contributed by atoms with E-state index in [4.69, 9.17) is 4.43 Å². The summed E-state index contributed by atoms with van der Waals surface area (Å²) in [4.78, 5) is 0. The Morgan fingerprint density at radius 1 is 1.09 bits per heavy atom. The molecule has 0 saturated heterocycles. The first-order valence-electron chi connectivity index (χ1n) is 4.90. The third-order valence-corrected chi connectivity index (χ3v) is 5.36. The van der Waals surface area contributed by atoms with Crippen molar-refractivity contribution in [1.82, 2.24) is 0 Å². The van der Waals surface area contributed by atoms with Gasteiger partial charge in [0.25, 0.3) is 0 Å². The highest BCUT2D eigenvalue weighted by Gasteiger charge is 1.90. The molecule has 0 bridgehead atoms. The molecule has 0 radical (unpaired) electrons. The highest BCUT2D eigenvalue weighted by atomic mass is 28.2. The Morgan fingerprint density at radius 2 is 1.82 bits per heavy atom. The SMILES string of the molecule is CCC[SiH2]CCCC[SiH2]OC. The average molecular weight is 190 g/mol. The van der Waals surface area contributed by atoms with Crippen molar-refractivity contribution in [2.45, 2.75) is 44.3 Å². The van der Waals surface area contributed by atoms with Gasteiger partial charge in [0.05, 0.1) is 0 Å². The first-order valence-corrected chi connectivity index (χ1v) is 8.48. The van der Waals surface area contributed by atoms with Crippen LogP contribution in [0.5, 0.6) is 0 Å². The Hall–Kier alpha value is 0.394. The van der Waals surface area contributed by atoms with Gasteiger partial charge >= 0.3 is 0 Å². The lowest BCUT2D eigenvalue weighted by atomic mass is 10.4. The molecule has 0 spiro atoms. The summed E-state index contributed by atoms with van der Waals surface area (Å²) >= 11 is 0. The molecule has 0 aliphatic rings. The topological polar surface area (TPSA) is 9.23 Å². The van der Waals surface area contributed by atoms with Crippen molar-refractivity contribution in [2.75, 3.05) is 7.11 Å². The van der Waals surface area contributed by atoms with Gasteiger partial charge in [-0.15, -0.1) is 0 Å². The fraction of sp³-hybridized carbons (Fsp3) is 1.00. The average Bonchev–Trinajstić information content (AvgIpc) is 2.03. The minimum absolute atomic E-state index is 0.102. The second kappa shape index (κ2) is 10.4. The van der Waals surface area contributed by atoms with E-state index in [0.717, 1.165) is 0 Å². The Labute approximate surface area is 75.7 Å². The van der Waals surface area contributed by atoms with Crippen molar-refractivity contribution in [3.63, 3.8) is 0 Å². The second-order valence-electron chi connectivity index (χ2n) is 3.11. The molecule has 0 aromatic heterocycles. The molecule has 11 heavy (non-hydrogen) atoms. The molecule has 0 aliphatic carbocycles. The van der Waals surface area contributed by atoms with Crippen molar-refractivity contribution in [3.8, 4) is 0 Å². The standard InChI is InChI=1S/C8H22OSi2/c1-3-6-10-7-4-5-8-11-9-2/h3-8,10-11H2,1-2H3. The largest absolute Gasteiger partial charge is 0.427 e. The fourth-order valence-corrected chi connectivity index (χ4v) is 3.61. The molecule has 0 amide bonds. The van der Waals surface area contributed by atoms with Crippen molar-refractivity contribution in [3.05, 3.63) is 0 Å². The first kappa shape index (κ1) is 11.4. The van der Waals surface area contributed by atoms with Gasteiger partial charge in [-0.1, -0.05) is 38.3 Å². The zero-order valence-electron chi connectivity index (χ0n) is 8.07. The molecule has 0 saturated carbocycles. The molecule has 0 unspecified atom stereocenters. The van der Waals surface area contributed by atoms with Crippen molar-refractivity contribution in [1.29, 1.82) is 0 Å². The molecule has 0 heterocycles. The van der Waals surface area contributed by atoms with Gasteiger partial charge in [0.15, 0.2) is 9.76 Å². The summed E-state index contributed by atoms with van der Waals surface area (Å²) in [6.07, 6.45) is 4.35. The van der Waals surface area contributed by atoms with Crippen LogP contribution in [-0.4, -0.2) is 26.4 Å². The van der Waals surface area contributed by atoms with E-state index in [2.05, 4.69) is 6.92 Å². The van der Waals surface area contributed by atoms with Gasteiger partial charge in [-0.05, 0) is 6.04 Å². The van der Waals surface area contributed by atoms with E-state index in [1.54, 1.807) is 12.1 Å². The van der Waals surface area contributed by atoms with E-state index >= 15 is 0 Å². The maximum atomic E-state index is 5.12. The summed E-state index contributed by atoms with van der Waals surface area (Å²) < 4.78 is 5.12. The predicted octanol–water partition coefficient (Wildman–Crippen LogP) is 1.33. The smallest absolute Gasteiger partial charge is 0.161 e. The molecular formula is C8H22OSi2. The molecule has 0 fully saturated rings. The van der Waals surface area contributed by atoms with Crippen LogP contribution >= 0.6 is 0 Å². The maximum Gasteiger partial charge on any atom is 0.161 e. The van der Waals surface area contributed by atoms with E-state index in [1.165, 1.54) is 25.3 Å². The van der Waals surface area contributed by atoms with Gasteiger partial charge in [-0.2, -0.15) is 0 Å². The highest BCUT2D eigenvalue weighted by Crippen LogP contribution is 2.01. The van der Waals surface area contributed by atoms with Crippen LogP contribution in [0.1, 0.15) is 26.2 Å². The molecule has 0 aromatic rings. The van der Waals surface area contributed by atoms with E-state index < -0.39 is 0 Å². The summed E-state index contributed by atoms with van der Waals surface area (Å²) in [6.45, 7) is 2.30. The Kier molecular flexibility index (Phi) is 10.8. The normalized spacial score (nSPS) is 12.5. The zero-order chi connectivity index (χ0) is 8.36. The van der Waals surface area contributed by atoms with Gasteiger partial charge in [0.1, 0.15) is 0 Å². The number of rotatable bonds is 8. The molecule has 3 heteroatoms. The second-order valence-corrected chi connectivity index (χ2v) is 6.93. The first-order chi connectivity index (χ1) is 5.41. The number of hydrogen-bond acceptors (Lipinski definition) is 1. The molecule has 0 aromatic carbocycles. The summed E-state index contributed by atoms with van der Waals surface area (Å²) in [5, 5.41) is 0. The van der Waals surface area contributed by atoms with E-state index in [-0.39, 0.29) is 9.76 Å².